The summed E-state index contributed by atoms with van der Waals surface area (Å²) in [6.45, 7) is 8.49. The normalized spacial score (nSPS) is 20.8. The van der Waals surface area contributed by atoms with E-state index in [-0.39, 0.29) is 30.1 Å². The van der Waals surface area contributed by atoms with Crippen LogP contribution >= 0.6 is 0 Å². The molecular formula is C17H33N3O4. The predicted molar refractivity (Wildman–Crippen MR) is 92.6 cm³/mol. The van der Waals surface area contributed by atoms with Crippen molar-refractivity contribution in [2.24, 2.45) is 5.92 Å². The average Bonchev–Trinajstić information content (AvgIpc) is 2.93. The zero-order valence-electron chi connectivity index (χ0n) is 16.1. The van der Waals surface area contributed by atoms with Gasteiger partial charge in [0.05, 0.1) is 24.7 Å². The van der Waals surface area contributed by atoms with Crippen molar-refractivity contribution in [3.8, 4) is 0 Å². The van der Waals surface area contributed by atoms with Crippen LogP contribution in [0.1, 0.15) is 40.5 Å². The van der Waals surface area contributed by atoms with Gasteiger partial charge in [0, 0.05) is 13.7 Å². The standard InChI is InChI=1S/C17H33N3O4/c1-12(15(21)18-11-19(5)6)14(23-7)13-9-8-10-20(13)16(22)24-17(2,3)4/h12-14H,8-11H2,1-7H3,(H,18,21)/t12-,13+,14-/m1/s1. The Morgan fingerprint density at radius 3 is 2.46 bits per heavy atom. The minimum Gasteiger partial charge on any atom is -0.444 e. The van der Waals surface area contributed by atoms with Gasteiger partial charge in [0.25, 0.3) is 0 Å². The molecule has 0 aromatic rings. The van der Waals surface area contributed by atoms with E-state index >= 15 is 0 Å². The third-order valence-electron chi connectivity index (χ3n) is 4.05. The first-order valence-corrected chi connectivity index (χ1v) is 8.51. The summed E-state index contributed by atoms with van der Waals surface area (Å²) in [5, 5.41) is 2.87. The molecule has 1 heterocycles. The molecule has 0 aromatic heterocycles. The van der Waals surface area contributed by atoms with E-state index < -0.39 is 5.60 Å². The molecule has 140 valence electrons. The highest BCUT2D eigenvalue weighted by molar-refractivity contribution is 5.79. The second kappa shape index (κ2) is 8.67. The smallest absolute Gasteiger partial charge is 0.410 e. The summed E-state index contributed by atoms with van der Waals surface area (Å²) in [4.78, 5) is 28.4. The molecule has 1 aliphatic rings. The maximum atomic E-state index is 12.4. The van der Waals surface area contributed by atoms with E-state index in [2.05, 4.69) is 5.32 Å². The van der Waals surface area contributed by atoms with E-state index in [1.807, 2.05) is 46.7 Å². The highest BCUT2D eigenvalue weighted by Gasteiger charge is 2.41. The van der Waals surface area contributed by atoms with Crippen LogP contribution in [0.4, 0.5) is 4.79 Å². The maximum Gasteiger partial charge on any atom is 0.410 e. The third-order valence-corrected chi connectivity index (χ3v) is 4.05. The molecule has 1 saturated heterocycles. The minimum absolute atomic E-state index is 0.0772. The van der Waals surface area contributed by atoms with Crippen molar-refractivity contribution in [2.45, 2.75) is 58.3 Å². The molecule has 7 nitrogen and oxygen atoms in total. The third kappa shape index (κ3) is 5.94. The van der Waals surface area contributed by atoms with E-state index in [1.54, 1.807) is 12.0 Å². The van der Waals surface area contributed by atoms with Crippen molar-refractivity contribution >= 4 is 12.0 Å². The van der Waals surface area contributed by atoms with Gasteiger partial charge in [0.2, 0.25) is 5.91 Å². The molecule has 0 radical (unpaired) electrons. The Morgan fingerprint density at radius 1 is 1.33 bits per heavy atom. The Balaban J connectivity index is 2.78. The van der Waals surface area contributed by atoms with Crippen molar-refractivity contribution in [2.75, 3.05) is 34.4 Å². The van der Waals surface area contributed by atoms with Crippen molar-refractivity contribution in [3.05, 3.63) is 0 Å². The number of amides is 2. The fraction of sp³-hybridized carbons (Fsp3) is 0.882. The van der Waals surface area contributed by atoms with E-state index in [1.165, 1.54) is 0 Å². The zero-order chi connectivity index (χ0) is 18.5. The molecule has 24 heavy (non-hydrogen) atoms. The zero-order valence-corrected chi connectivity index (χ0v) is 16.1. The Hall–Kier alpha value is -1.34. The number of nitrogens with one attached hydrogen (secondary N) is 1. The van der Waals surface area contributed by atoms with Crippen molar-refractivity contribution in [1.82, 2.24) is 15.1 Å². The molecule has 7 heteroatoms. The van der Waals surface area contributed by atoms with Crippen LogP contribution in [0.3, 0.4) is 0 Å². The van der Waals surface area contributed by atoms with Crippen LogP contribution < -0.4 is 5.32 Å². The number of ether oxygens (including phenoxy) is 2. The molecule has 1 fully saturated rings. The second-order valence-electron chi connectivity index (χ2n) is 7.65. The molecule has 1 rings (SSSR count). The molecule has 0 bridgehead atoms. The Labute approximate surface area is 145 Å². The molecule has 1 N–H and O–H groups in total. The summed E-state index contributed by atoms with van der Waals surface area (Å²) in [6, 6.07) is -0.148. The van der Waals surface area contributed by atoms with Gasteiger partial charge in [-0.15, -0.1) is 0 Å². The molecule has 1 aliphatic heterocycles. The lowest BCUT2D eigenvalue weighted by Crippen LogP contribution is -2.51. The fourth-order valence-corrected chi connectivity index (χ4v) is 2.92. The number of rotatable bonds is 6. The topological polar surface area (TPSA) is 71.1 Å². The van der Waals surface area contributed by atoms with Crippen LogP contribution in [0.15, 0.2) is 0 Å². The lowest BCUT2D eigenvalue weighted by Gasteiger charge is -2.34. The van der Waals surface area contributed by atoms with E-state index in [0.29, 0.717) is 13.2 Å². The molecule has 0 aliphatic carbocycles. The van der Waals surface area contributed by atoms with Crippen LogP contribution in [0.5, 0.6) is 0 Å². The van der Waals surface area contributed by atoms with Gasteiger partial charge in [-0.05, 0) is 47.7 Å². The first-order valence-electron chi connectivity index (χ1n) is 8.51. The van der Waals surface area contributed by atoms with Crippen LogP contribution in [0, 0.1) is 5.92 Å². The highest BCUT2D eigenvalue weighted by atomic mass is 16.6. The minimum atomic E-state index is -0.540. The number of likely N-dealkylation sites (tertiary alicyclic amines) is 1. The van der Waals surface area contributed by atoms with Gasteiger partial charge in [-0.25, -0.2) is 4.79 Å². The van der Waals surface area contributed by atoms with Crippen LogP contribution in [0.2, 0.25) is 0 Å². The second-order valence-corrected chi connectivity index (χ2v) is 7.65. The Kier molecular flexibility index (Phi) is 7.48. The number of hydrogen-bond acceptors (Lipinski definition) is 5. The van der Waals surface area contributed by atoms with Gasteiger partial charge >= 0.3 is 6.09 Å². The summed E-state index contributed by atoms with van der Waals surface area (Å²) >= 11 is 0. The summed E-state index contributed by atoms with van der Waals surface area (Å²) in [7, 11) is 5.37. The van der Waals surface area contributed by atoms with Crippen molar-refractivity contribution in [3.63, 3.8) is 0 Å². The highest BCUT2D eigenvalue weighted by Crippen LogP contribution is 2.27. The number of carbonyl (C=O) groups excluding carboxylic acids is 2. The lowest BCUT2D eigenvalue weighted by atomic mass is 9.95. The van der Waals surface area contributed by atoms with Crippen LogP contribution in [-0.4, -0.2) is 74.0 Å². The van der Waals surface area contributed by atoms with E-state index in [4.69, 9.17) is 9.47 Å². The molecule has 0 aromatic carbocycles. The van der Waals surface area contributed by atoms with Gasteiger partial charge in [0.15, 0.2) is 0 Å². The van der Waals surface area contributed by atoms with E-state index in [0.717, 1.165) is 12.8 Å². The molecular weight excluding hydrogens is 310 g/mol. The monoisotopic (exact) mass is 343 g/mol. The van der Waals surface area contributed by atoms with Gasteiger partial charge < -0.3 is 19.7 Å². The van der Waals surface area contributed by atoms with Crippen molar-refractivity contribution in [1.29, 1.82) is 0 Å². The van der Waals surface area contributed by atoms with Gasteiger partial charge in [0.1, 0.15) is 5.60 Å². The number of carbonyl (C=O) groups is 2. The van der Waals surface area contributed by atoms with E-state index in [9.17, 15) is 9.59 Å². The van der Waals surface area contributed by atoms with Crippen molar-refractivity contribution < 1.29 is 19.1 Å². The molecule has 0 spiro atoms. The fourth-order valence-electron chi connectivity index (χ4n) is 2.92. The number of methoxy groups -OCH3 is 1. The largest absolute Gasteiger partial charge is 0.444 e. The summed E-state index contributed by atoms with van der Waals surface area (Å²) in [5.41, 5.74) is -0.540. The van der Waals surface area contributed by atoms with Gasteiger partial charge in [-0.1, -0.05) is 6.92 Å². The average molecular weight is 343 g/mol. The molecule has 0 saturated carbocycles. The quantitative estimate of drug-likeness (QED) is 0.743. The molecule has 0 unspecified atom stereocenters. The van der Waals surface area contributed by atoms with Crippen LogP contribution in [-0.2, 0) is 14.3 Å². The summed E-state index contributed by atoms with van der Waals surface area (Å²) in [6.07, 6.45) is 0.994. The SMILES string of the molecule is CO[C@H]([C@@H](C)C(=O)NCN(C)C)[C@@H]1CCCN1C(=O)OC(C)(C)C. The van der Waals surface area contributed by atoms with Crippen LogP contribution in [0.25, 0.3) is 0 Å². The number of hydrogen-bond donors (Lipinski definition) is 1. The number of nitrogens with zero attached hydrogens (tertiary/aromatic N) is 2. The first kappa shape index (κ1) is 20.7. The summed E-state index contributed by atoms with van der Waals surface area (Å²) < 4.78 is 11.1. The molecule has 3 atom stereocenters. The Bertz CT molecular complexity index is 434. The van der Waals surface area contributed by atoms with Gasteiger partial charge in [-0.3, -0.25) is 9.69 Å². The Morgan fingerprint density at radius 2 is 1.96 bits per heavy atom. The maximum absolute atomic E-state index is 12.4. The summed E-state index contributed by atoms with van der Waals surface area (Å²) in [5.74, 6) is -0.436. The lowest BCUT2D eigenvalue weighted by molar-refractivity contribution is -0.131. The molecule has 2 amide bonds. The van der Waals surface area contributed by atoms with Gasteiger partial charge in [-0.2, -0.15) is 0 Å². The first-order chi connectivity index (χ1) is 11.1. The predicted octanol–water partition coefficient (Wildman–Crippen LogP) is 1.67.